The van der Waals surface area contributed by atoms with Crippen molar-refractivity contribution < 1.29 is 4.79 Å². The molecule has 5 aliphatic rings. The standard InChI is InChI=1S/C17H28N2O/c1-17(2-4-18-5-3-17)19-16(20)15-13-7-11-6-12(9-13)10-14(15)8-11/h11-15,18H,2-10H2,1H3,(H,19,20). The third-order valence-corrected chi connectivity index (χ3v) is 6.66. The van der Waals surface area contributed by atoms with E-state index in [1.165, 1.54) is 32.1 Å². The number of nitrogens with one attached hydrogen (secondary N) is 2. The van der Waals surface area contributed by atoms with Crippen LogP contribution in [-0.4, -0.2) is 24.5 Å². The van der Waals surface area contributed by atoms with Crippen LogP contribution in [0.1, 0.15) is 51.9 Å². The van der Waals surface area contributed by atoms with Gasteiger partial charge in [0, 0.05) is 11.5 Å². The predicted octanol–water partition coefficient (Wildman–Crippen LogP) is 2.32. The SMILES string of the molecule is CC1(NC(=O)C2C3CC4CC(C3)CC2C4)CCNCC1. The molecular weight excluding hydrogens is 248 g/mol. The Kier molecular flexibility index (Phi) is 3.10. The van der Waals surface area contributed by atoms with E-state index in [1.54, 1.807) is 0 Å². The van der Waals surface area contributed by atoms with Crippen LogP contribution in [0.5, 0.6) is 0 Å². The lowest BCUT2D eigenvalue weighted by Crippen LogP contribution is -2.58. The fourth-order valence-corrected chi connectivity index (χ4v) is 5.84. The number of hydrogen-bond acceptors (Lipinski definition) is 2. The van der Waals surface area contributed by atoms with Crippen LogP contribution in [0.4, 0.5) is 0 Å². The maximum absolute atomic E-state index is 12.9. The van der Waals surface area contributed by atoms with E-state index in [2.05, 4.69) is 17.6 Å². The summed E-state index contributed by atoms with van der Waals surface area (Å²) in [6, 6.07) is 0. The molecule has 0 aromatic carbocycles. The van der Waals surface area contributed by atoms with E-state index in [1.807, 2.05) is 0 Å². The van der Waals surface area contributed by atoms with Gasteiger partial charge in [-0.15, -0.1) is 0 Å². The molecule has 1 aliphatic heterocycles. The smallest absolute Gasteiger partial charge is 0.224 e. The topological polar surface area (TPSA) is 41.1 Å². The van der Waals surface area contributed by atoms with Gasteiger partial charge in [0.15, 0.2) is 0 Å². The quantitative estimate of drug-likeness (QED) is 0.812. The van der Waals surface area contributed by atoms with Gasteiger partial charge in [0.25, 0.3) is 0 Å². The molecule has 1 heterocycles. The highest BCUT2D eigenvalue weighted by Crippen LogP contribution is 2.56. The van der Waals surface area contributed by atoms with E-state index in [0.717, 1.165) is 37.8 Å². The van der Waals surface area contributed by atoms with Gasteiger partial charge in [-0.3, -0.25) is 4.79 Å². The van der Waals surface area contributed by atoms with Crippen LogP contribution in [0.2, 0.25) is 0 Å². The van der Waals surface area contributed by atoms with E-state index in [0.29, 0.717) is 23.7 Å². The molecule has 1 amide bonds. The largest absolute Gasteiger partial charge is 0.351 e. The molecule has 2 N–H and O–H groups in total. The molecule has 20 heavy (non-hydrogen) atoms. The lowest BCUT2D eigenvalue weighted by Gasteiger charge is -2.54. The van der Waals surface area contributed by atoms with Gasteiger partial charge < -0.3 is 10.6 Å². The number of hydrogen-bond donors (Lipinski definition) is 2. The Bertz CT molecular complexity index is 372. The lowest BCUT2D eigenvalue weighted by molar-refractivity contribution is -0.140. The van der Waals surface area contributed by atoms with Crippen molar-refractivity contribution >= 4 is 5.91 Å². The molecule has 0 radical (unpaired) electrons. The van der Waals surface area contributed by atoms with Gasteiger partial charge in [-0.2, -0.15) is 0 Å². The summed E-state index contributed by atoms with van der Waals surface area (Å²) in [5.41, 5.74) is 0.0387. The number of carbonyl (C=O) groups is 1. The minimum Gasteiger partial charge on any atom is -0.351 e. The minimum absolute atomic E-state index is 0.0387. The van der Waals surface area contributed by atoms with Crippen molar-refractivity contribution in [3.63, 3.8) is 0 Å². The Morgan fingerprint density at radius 3 is 2.10 bits per heavy atom. The van der Waals surface area contributed by atoms with Crippen LogP contribution in [0, 0.1) is 29.6 Å². The van der Waals surface area contributed by atoms with Crippen molar-refractivity contribution in [1.29, 1.82) is 0 Å². The first-order valence-electron chi connectivity index (χ1n) is 8.66. The summed E-state index contributed by atoms with van der Waals surface area (Å²) in [6.07, 6.45) is 8.96. The van der Waals surface area contributed by atoms with E-state index >= 15 is 0 Å². The number of piperidine rings is 1. The van der Waals surface area contributed by atoms with Crippen LogP contribution in [-0.2, 0) is 4.79 Å². The van der Waals surface area contributed by atoms with Gasteiger partial charge in [0.2, 0.25) is 5.91 Å². The molecule has 0 aromatic rings. The average Bonchev–Trinajstić information content (AvgIpc) is 2.37. The van der Waals surface area contributed by atoms with Crippen LogP contribution in [0.3, 0.4) is 0 Å². The first-order chi connectivity index (χ1) is 9.63. The monoisotopic (exact) mass is 276 g/mol. The highest BCUT2D eigenvalue weighted by atomic mass is 16.2. The first-order valence-corrected chi connectivity index (χ1v) is 8.66. The summed E-state index contributed by atoms with van der Waals surface area (Å²) in [5.74, 6) is 4.05. The van der Waals surface area contributed by atoms with Crippen molar-refractivity contribution in [2.24, 2.45) is 29.6 Å². The fraction of sp³-hybridized carbons (Fsp3) is 0.941. The van der Waals surface area contributed by atoms with Gasteiger partial charge in [0.1, 0.15) is 0 Å². The normalized spacial score (nSPS) is 45.4. The zero-order valence-electron chi connectivity index (χ0n) is 12.7. The molecule has 112 valence electrons. The summed E-state index contributed by atoms with van der Waals surface area (Å²) in [7, 11) is 0. The zero-order valence-corrected chi connectivity index (χ0v) is 12.7. The second kappa shape index (κ2) is 4.72. The molecule has 0 unspecified atom stereocenters. The average molecular weight is 276 g/mol. The van der Waals surface area contributed by atoms with Crippen LogP contribution in [0.15, 0.2) is 0 Å². The maximum Gasteiger partial charge on any atom is 0.224 e. The molecule has 5 rings (SSSR count). The van der Waals surface area contributed by atoms with Crippen molar-refractivity contribution in [2.45, 2.75) is 57.4 Å². The van der Waals surface area contributed by atoms with Crippen molar-refractivity contribution in [3.05, 3.63) is 0 Å². The Hall–Kier alpha value is -0.570. The summed E-state index contributed by atoms with van der Waals surface area (Å²) in [5, 5.41) is 6.84. The van der Waals surface area contributed by atoms with Crippen LogP contribution in [0.25, 0.3) is 0 Å². The molecule has 3 nitrogen and oxygen atoms in total. The second-order valence-electron chi connectivity index (χ2n) is 8.26. The van der Waals surface area contributed by atoms with Crippen molar-refractivity contribution in [2.75, 3.05) is 13.1 Å². The van der Waals surface area contributed by atoms with Crippen LogP contribution < -0.4 is 10.6 Å². The summed E-state index contributed by atoms with van der Waals surface area (Å²) >= 11 is 0. The summed E-state index contributed by atoms with van der Waals surface area (Å²) in [6.45, 7) is 4.32. The lowest BCUT2D eigenvalue weighted by atomic mass is 9.51. The molecule has 0 spiro atoms. The highest BCUT2D eigenvalue weighted by molar-refractivity contribution is 5.80. The molecule has 4 aliphatic carbocycles. The Balaban J connectivity index is 1.46. The molecule has 4 bridgehead atoms. The van der Waals surface area contributed by atoms with Crippen molar-refractivity contribution in [3.8, 4) is 0 Å². The maximum atomic E-state index is 12.9. The number of rotatable bonds is 2. The molecule has 0 aromatic heterocycles. The summed E-state index contributed by atoms with van der Waals surface area (Å²) in [4.78, 5) is 12.9. The van der Waals surface area contributed by atoms with Gasteiger partial charge in [-0.1, -0.05) is 0 Å². The minimum atomic E-state index is 0.0387. The molecule has 1 saturated heterocycles. The third-order valence-electron chi connectivity index (χ3n) is 6.66. The molecule has 5 fully saturated rings. The Labute approximate surface area is 122 Å². The number of carbonyl (C=O) groups excluding carboxylic acids is 1. The van der Waals surface area contributed by atoms with E-state index in [9.17, 15) is 4.79 Å². The first kappa shape index (κ1) is 13.1. The van der Waals surface area contributed by atoms with E-state index in [-0.39, 0.29) is 5.54 Å². The van der Waals surface area contributed by atoms with E-state index in [4.69, 9.17) is 0 Å². The van der Waals surface area contributed by atoms with Gasteiger partial charge in [0.05, 0.1) is 0 Å². The predicted molar refractivity (Wildman–Crippen MR) is 79.2 cm³/mol. The van der Waals surface area contributed by atoms with Gasteiger partial charge in [-0.05, 0) is 88.6 Å². The van der Waals surface area contributed by atoms with E-state index < -0.39 is 0 Å². The van der Waals surface area contributed by atoms with Gasteiger partial charge in [-0.25, -0.2) is 0 Å². The number of amides is 1. The molecular formula is C17H28N2O. The molecule has 0 atom stereocenters. The highest BCUT2D eigenvalue weighted by Gasteiger charge is 2.51. The van der Waals surface area contributed by atoms with Gasteiger partial charge >= 0.3 is 0 Å². The molecule has 3 heteroatoms. The summed E-state index contributed by atoms with van der Waals surface area (Å²) < 4.78 is 0. The van der Waals surface area contributed by atoms with Crippen LogP contribution >= 0.6 is 0 Å². The fourth-order valence-electron chi connectivity index (χ4n) is 5.84. The third kappa shape index (κ3) is 2.18. The zero-order chi connectivity index (χ0) is 13.7. The Morgan fingerprint density at radius 2 is 1.55 bits per heavy atom. The molecule has 4 saturated carbocycles. The van der Waals surface area contributed by atoms with Crippen molar-refractivity contribution in [1.82, 2.24) is 10.6 Å². The second-order valence-corrected chi connectivity index (χ2v) is 8.26. The Morgan fingerprint density at radius 1 is 1.00 bits per heavy atom.